The Bertz CT molecular complexity index is 664. The van der Waals surface area contributed by atoms with Gasteiger partial charge in [0.2, 0.25) is 0 Å². The van der Waals surface area contributed by atoms with Crippen LogP contribution in [0.2, 0.25) is 0 Å². The Labute approximate surface area is 219 Å². The lowest BCUT2D eigenvalue weighted by atomic mass is 9.87. The molecule has 0 unspecified atom stereocenters. The summed E-state index contributed by atoms with van der Waals surface area (Å²) in [6.07, 6.45) is 19.1. The zero-order valence-electron chi connectivity index (χ0n) is 22.2. The van der Waals surface area contributed by atoms with Gasteiger partial charge in [0.25, 0.3) is 5.91 Å². The van der Waals surface area contributed by atoms with Gasteiger partial charge in [-0.1, -0.05) is 114 Å². The van der Waals surface area contributed by atoms with E-state index in [1.807, 2.05) is 13.8 Å². The molecule has 2 N–H and O–H groups in total. The molecule has 0 atom stereocenters. The van der Waals surface area contributed by atoms with Gasteiger partial charge in [-0.25, -0.2) is 0 Å². The number of phenols is 1. The molecule has 1 rings (SSSR count). The van der Waals surface area contributed by atoms with Crippen LogP contribution in [0.3, 0.4) is 0 Å². The number of aromatic hydroxyl groups is 1. The Morgan fingerprint density at radius 1 is 0.794 bits per heavy atom. The lowest BCUT2D eigenvalue weighted by Crippen LogP contribution is -2.43. The topological polar surface area (TPSA) is 49.3 Å². The fourth-order valence-corrected chi connectivity index (χ4v) is 4.59. The third-order valence-corrected chi connectivity index (χ3v) is 7.12. The molecule has 5 heteroatoms. The minimum atomic E-state index is -1.10. The zero-order chi connectivity index (χ0) is 25.4. The van der Waals surface area contributed by atoms with E-state index in [4.69, 9.17) is 23.2 Å². The van der Waals surface area contributed by atoms with Gasteiger partial charge in [0.05, 0.1) is 5.54 Å². The molecule has 1 aromatic rings. The first-order chi connectivity index (χ1) is 16.2. The monoisotopic (exact) mass is 513 g/mol. The minimum absolute atomic E-state index is 0.399. The van der Waals surface area contributed by atoms with Crippen LogP contribution < -0.4 is 5.32 Å². The Kier molecular flexibility index (Phi) is 16.0. The normalized spacial score (nSPS) is 11.9. The van der Waals surface area contributed by atoms with Gasteiger partial charge in [0, 0.05) is 0 Å². The molecule has 0 bridgehead atoms. The van der Waals surface area contributed by atoms with E-state index < -0.39 is 16.3 Å². The maximum absolute atomic E-state index is 12.2. The van der Waals surface area contributed by atoms with Crippen LogP contribution in [0.4, 0.5) is 0 Å². The average molecular weight is 515 g/mol. The van der Waals surface area contributed by atoms with Gasteiger partial charge >= 0.3 is 0 Å². The van der Waals surface area contributed by atoms with Crippen molar-refractivity contribution in [3.63, 3.8) is 0 Å². The van der Waals surface area contributed by atoms with Crippen LogP contribution in [-0.2, 0) is 23.2 Å². The summed E-state index contributed by atoms with van der Waals surface area (Å²) < 4.78 is 0. The van der Waals surface area contributed by atoms with Crippen LogP contribution >= 0.6 is 23.2 Å². The summed E-state index contributed by atoms with van der Waals surface area (Å²) in [7, 11) is 0. The number of unbranched alkanes of at least 4 members (excludes halogenated alkanes) is 12. The zero-order valence-corrected chi connectivity index (χ0v) is 23.7. The number of alkyl halides is 2. The third kappa shape index (κ3) is 12.2. The highest BCUT2D eigenvalue weighted by molar-refractivity contribution is 6.53. The van der Waals surface area contributed by atoms with E-state index in [0.29, 0.717) is 5.75 Å². The van der Waals surface area contributed by atoms with E-state index in [2.05, 4.69) is 31.3 Å². The van der Waals surface area contributed by atoms with Crippen molar-refractivity contribution in [2.45, 2.75) is 141 Å². The number of hydrogen-bond donors (Lipinski definition) is 2. The number of benzene rings is 1. The molecule has 196 valence electrons. The number of phenolic OH excluding ortho intramolecular Hbond substituents is 1. The van der Waals surface area contributed by atoms with E-state index in [9.17, 15) is 9.90 Å². The summed E-state index contributed by atoms with van der Waals surface area (Å²) in [6, 6.07) is 4.11. The lowest BCUT2D eigenvalue weighted by Gasteiger charge is -2.29. The molecule has 0 spiro atoms. The standard InChI is InChI=1S/C29H49Cl2NO2/c1-5-7-9-11-13-15-17-19-23-21-25(29(3,4)32-28(34)27(30)31)22-24(26(23)33)20-18-16-14-12-10-8-6-2/h21-22,27,33H,5-20H2,1-4H3,(H,32,34). The van der Waals surface area contributed by atoms with Crippen LogP contribution in [0.25, 0.3) is 0 Å². The first-order valence-electron chi connectivity index (χ1n) is 13.7. The fraction of sp³-hybridized carbons (Fsp3) is 0.759. The van der Waals surface area contributed by atoms with Crippen LogP contribution in [0.5, 0.6) is 5.75 Å². The number of carbonyl (C=O) groups is 1. The van der Waals surface area contributed by atoms with Gasteiger partial charge in [-0.3, -0.25) is 4.79 Å². The maximum atomic E-state index is 12.2. The average Bonchev–Trinajstić information content (AvgIpc) is 2.79. The summed E-state index contributed by atoms with van der Waals surface area (Å²) >= 11 is 11.6. The van der Waals surface area contributed by atoms with Gasteiger partial charge in [0.1, 0.15) is 5.75 Å². The molecule has 0 radical (unpaired) electrons. The molecule has 1 amide bonds. The molecule has 0 aliphatic heterocycles. The second-order valence-electron chi connectivity index (χ2n) is 10.3. The van der Waals surface area contributed by atoms with E-state index in [0.717, 1.165) is 42.4 Å². The molecular weight excluding hydrogens is 465 g/mol. The molecule has 1 aromatic carbocycles. The number of amides is 1. The van der Waals surface area contributed by atoms with Gasteiger partial charge in [0.15, 0.2) is 4.84 Å². The Balaban J connectivity index is 2.87. The second-order valence-corrected chi connectivity index (χ2v) is 11.4. The van der Waals surface area contributed by atoms with Crippen molar-refractivity contribution in [1.29, 1.82) is 0 Å². The summed E-state index contributed by atoms with van der Waals surface area (Å²) in [4.78, 5) is 11.1. The molecule has 34 heavy (non-hydrogen) atoms. The number of carbonyl (C=O) groups excluding carboxylic acids is 1. The second kappa shape index (κ2) is 17.5. The van der Waals surface area contributed by atoms with E-state index in [-0.39, 0.29) is 0 Å². The van der Waals surface area contributed by atoms with Crippen LogP contribution in [0.15, 0.2) is 12.1 Å². The molecular formula is C29H49Cl2NO2. The number of halogens is 2. The number of hydrogen-bond acceptors (Lipinski definition) is 2. The lowest BCUT2D eigenvalue weighted by molar-refractivity contribution is -0.121. The fourth-order valence-electron chi connectivity index (χ4n) is 4.48. The largest absolute Gasteiger partial charge is 0.507 e. The molecule has 0 aliphatic carbocycles. The van der Waals surface area contributed by atoms with Crippen molar-refractivity contribution in [3.05, 3.63) is 28.8 Å². The van der Waals surface area contributed by atoms with Gasteiger partial charge in [-0.05, 0) is 68.4 Å². The summed E-state index contributed by atoms with van der Waals surface area (Å²) in [6.45, 7) is 8.40. The van der Waals surface area contributed by atoms with Gasteiger partial charge in [-0.15, -0.1) is 0 Å². The minimum Gasteiger partial charge on any atom is -0.507 e. The van der Waals surface area contributed by atoms with Crippen molar-refractivity contribution in [1.82, 2.24) is 5.32 Å². The van der Waals surface area contributed by atoms with Crippen molar-refractivity contribution >= 4 is 29.1 Å². The third-order valence-electron chi connectivity index (χ3n) is 6.72. The first kappa shape index (κ1) is 31.1. The highest BCUT2D eigenvalue weighted by Crippen LogP contribution is 2.33. The molecule has 3 nitrogen and oxygen atoms in total. The smallest absolute Gasteiger partial charge is 0.253 e. The summed E-state index contributed by atoms with van der Waals surface area (Å²) in [5.74, 6) is 0.0408. The van der Waals surface area contributed by atoms with Crippen LogP contribution in [-0.4, -0.2) is 15.8 Å². The summed E-state index contributed by atoms with van der Waals surface area (Å²) in [5, 5.41) is 14.0. The Hall–Kier alpha value is -0.930. The Morgan fingerprint density at radius 3 is 1.56 bits per heavy atom. The first-order valence-corrected chi connectivity index (χ1v) is 14.6. The van der Waals surface area contributed by atoms with Crippen molar-refractivity contribution in [2.75, 3.05) is 0 Å². The predicted octanol–water partition coefficient (Wildman–Crippen LogP) is 9.13. The molecule has 0 fully saturated rings. The number of rotatable bonds is 19. The molecule has 0 aromatic heterocycles. The summed E-state index contributed by atoms with van der Waals surface area (Å²) in [5.41, 5.74) is 2.33. The highest BCUT2D eigenvalue weighted by Gasteiger charge is 2.27. The van der Waals surface area contributed by atoms with Crippen molar-refractivity contribution < 1.29 is 9.90 Å². The van der Waals surface area contributed by atoms with E-state index in [1.54, 1.807) is 0 Å². The highest BCUT2D eigenvalue weighted by atomic mass is 35.5. The molecule has 0 saturated heterocycles. The maximum Gasteiger partial charge on any atom is 0.253 e. The SMILES string of the molecule is CCCCCCCCCc1cc(C(C)(C)NC(=O)C(Cl)Cl)cc(CCCCCCCCC)c1O. The van der Waals surface area contributed by atoms with Gasteiger partial charge in [-0.2, -0.15) is 0 Å². The quantitative estimate of drug-likeness (QED) is 0.143. The molecule has 0 saturated carbocycles. The predicted molar refractivity (Wildman–Crippen MR) is 148 cm³/mol. The van der Waals surface area contributed by atoms with Gasteiger partial charge < -0.3 is 10.4 Å². The van der Waals surface area contributed by atoms with E-state index in [1.165, 1.54) is 77.0 Å². The molecule has 0 aliphatic rings. The number of nitrogens with one attached hydrogen (secondary N) is 1. The van der Waals surface area contributed by atoms with Crippen LogP contribution in [0, 0.1) is 0 Å². The number of aryl methyl sites for hydroxylation is 2. The Morgan fingerprint density at radius 2 is 1.18 bits per heavy atom. The molecule has 0 heterocycles. The van der Waals surface area contributed by atoms with Crippen molar-refractivity contribution in [3.8, 4) is 5.75 Å². The van der Waals surface area contributed by atoms with Crippen LogP contribution in [0.1, 0.15) is 134 Å². The van der Waals surface area contributed by atoms with Crippen molar-refractivity contribution in [2.24, 2.45) is 0 Å². The van der Waals surface area contributed by atoms with E-state index >= 15 is 0 Å².